The summed E-state index contributed by atoms with van der Waals surface area (Å²) in [6.07, 6.45) is 0. The molecule has 1 aromatic carbocycles. The van der Waals surface area contributed by atoms with Crippen molar-refractivity contribution >= 4 is 17.3 Å². The first-order valence-corrected chi connectivity index (χ1v) is 6.71. The zero-order chi connectivity index (χ0) is 15.0. The largest absolute Gasteiger partial charge is 0.491 e. The third kappa shape index (κ3) is 4.53. The smallest absolute Gasteiger partial charge is 0.216 e. The number of carbonyl (C=O) groups is 1. The topological polar surface area (TPSA) is 71.0 Å². The van der Waals surface area contributed by atoms with Crippen molar-refractivity contribution in [2.75, 3.05) is 31.1 Å². The van der Waals surface area contributed by atoms with Crippen LogP contribution >= 0.6 is 0 Å². The number of nitrogens with one attached hydrogen (secondary N) is 1. The average Bonchev–Trinajstić information content (AvgIpc) is 2.43. The summed E-state index contributed by atoms with van der Waals surface area (Å²) in [5.41, 5.74) is 1.24. The average molecular weight is 279 g/mol. The lowest BCUT2D eigenvalue weighted by molar-refractivity contribution is -0.118. The molecule has 20 heavy (non-hydrogen) atoms. The van der Waals surface area contributed by atoms with Crippen LogP contribution in [-0.4, -0.2) is 32.1 Å². The van der Waals surface area contributed by atoms with Crippen LogP contribution in [0.3, 0.4) is 0 Å². The van der Waals surface area contributed by atoms with E-state index < -0.39 is 0 Å². The molecule has 0 saturated carbocycles. The highest BCUT2D eigenvalue weighted by atomic mass is 16.5. The molecule has 0 heterocycles. The van der Waals surface area contributed by atoms with Gasteiger partial charge in [-0.3, -0.25) is 4.79 Å². The van der Waals surface area contributed by atoms with Gasteiger partial charge in [-0.1, -0.05) is 0 Å². The molecule has 0 aliphatic carbocycles. The molecular weight excluding hydrogens is 258 g/mol. The van der Waals surface area contributed by atoms with E-state index in [1.165, 1.54) is 6.92 Å². The molecule has 0 bridgehead atoms. The summed E-state index contributed by atoms with van der Waals surface area (Å²) < 4.78 is 5.42. The molecule has 0 aromatic heterocycles. The lowest BCUT2D eigenvalue weighted by Crippen LogP contribution is -2.33. The van der Waals surface area contributed by atoms with Gasteiger partial charge in [-0.25, -0.2) is 0 Å². The highest BCUT2D eigenvalue weighted by Crippen LogP contribution is 2.32. The summed E-state index contributed by atoms with van der Waals surface area (Å²) in [4.78, 5) is 23.7. The fourth-order valence-corrected chi connectivity index (χ4v) is 1.88. The van der Waals surface area contributed by atoms with Crippen molar-refractivity contribution in [3.63, 3.8) is 0 Å². The predicted molar refractivity (Wildman–Crippen MR) is 79.6 cm³/mol. The van der Waals surface area contributed by atoms with E-state index in [1.807, 2.05) is 19.9 Å². The first-order chi connectivity index (χ1) is 9.62. The first-order valence-electron chi connectivity index (χ1n) is 6.71. The van der Waals surface area contributed by atoms with Gasteiger partial charge in [0.05, 0.1) is 6.61 Å². The fraction of sp³-hybridized carbons (Fsp3) is 0.500. The molecule has 0 unspecified atom stereocenters. The number of hydrogen-bond donors (Lipinski definition) is 1. The number of amides is 1. The summed E-state index contributed by atoms with van der Waals surface area (Å²) in [5, 5.41) is 5.71. The number of anilines is 1. The van der Waals surface area contributed by atoms with Crippen LogP contribution in [0.2, 0.25) is 0 Å². The van der Waals surface area contributed by atoms with Gasteiger partial charge in [-0.05, 0) is 31.2 Å². The fourth-order valence-electron chi connectivity index (χ4n) is 1.88. The first kappa shape index (κ1) is 15.9. The highest BCUT2D eigenvalue weighted by Gasteiger charge is 2.10. The monoisotopic (exact) mass is 279 g/mol. The zero-order valence-corrected chi connectivity index (χ0v) is 12.2. The van der Waals surface area contributed by atoms with Gasteiger partial charge in [-0.15, -0.1) is 4.91 Å². The second-order valence-electron chi connectivity index (χ2n) is 4.24. The second kappa shape index (κ2) is 8.14. The van der Waals surface area contributed by atoms with Crippen molar-refractivity contribution in [1.29, 1.82) is 0 Å². The minimum Gasteiger partial charge on any atom is -0.491 e. The van der Waals surface area contributed by atoms with Crippen molar-refractivity contribution in [3.8, 4) is 5.75 Å². The van der Waals surface area contributed by atoms with E-state index in [4.69, 9.17) is 4.74 Å². The normalized spacial score (nSPS) is 9.95. The van der Waals surface area contributed by atoms with Crippen molar-refractivity contribution in [2.45, 2.75) is 20.8 Å². The molecule has 0 fully saturated rings. The van der Waals surface area contributed by atoms with Gasteiger partial charge < -0.3 is 15.0 Å². The van der Waals surface area contributed by atoms with Crippen LogP contribution in [0.15, 0.2) is 23.4 Å². The van der Waals surface area contributed by atoms with Crippen LogP contribution in [0, 0.1) is 4.91 Å². The maximum Gasteiger partial charge on any atom is 0.216 e. The van der Waals surface area contributed by atoms with E-state index >= 15 is 0 Å². The molecule has 1 amide bonds. The summed E-state index contributed by atoms with van der Waals surface area (Å²) in [5.74, 6) is 0.439. The number of hydrogen-bond acceptors (Lipinski definition) is 5. The number of benzene rings is 1. The van der Waals surface area contributed by atoms with E-state index in [1.54, 1.807) is 12.1 Å². The lowest BCUT2D eigenvalue weighted by Gasteiger charge is -2.24. The standard InChI is InChI=1S/C14H21N3O3/c1-4-17(9-8-15-11(3)18)12-6-7-13(16-19)14(10-12)20-5-2/h6-7,10H,4-5,8-9H2,1-3H3,(H,15,18). The van der Waals surface area contributed by atoms with Gasteiger partial charge in [0, 0.05) is 38.3 Å². The van der Waals surface area contributed by atoms with Crippen LogP contribution in [0.4, 0.5) is 11.4 Å². The Kier molecular flexibility index (Phi) is 6.49. The van der Waals surface area contributed by atoms with Crippen LogP contribution < -0.4 is 15.0 Å². The third-order valence-electron chi connectivity index (χ3n) is 2.84. The Labute approximate surface area is 119 Å². The Bertz CT molecular complexity index is 463. The summed E-state index contributed by atoms with van der Waals surface area (Å²) in [7, 11) is 0. The summed E-state index contributed by atoms with van der Waals surface area (Å²) >= 11 is 0. The van der Waals surface area contributed by atoms with Gasteiger partial charge in [0.15, 0.2) is 5.75 Å². The molecule has 6 heteroatoms. The molecule has 1 aromatic rings. The predicted octanol–water partition coefficient (Wildman–Crippen LogP) is 2.45. The molecule has 0 aliphatic heterocycles. The molecule has 0 saturated heterocycles. The minimum atomic E-state index is -0.0449. The lowest BCUT2D eigenvalue weighted by atomic mass is 10.2. The zero-order valence-electron chi connectivity index (χ0n) is 12.2. The Morgan fingerprint density at radius 2 is 2.15 bits per heavy atom. The third-order valence-corrected chi connectivity index (χ3v) is 2.84. The Hall–Kier alpha value is -2.11. The van der Waals surface area contributed by atoms with Crippen LogP contribution in [0.5, 0.6) is 5.75 Å². The molecule has 6 nitrogen and oxygen atoms in total. The van der Waals surface area contributed by atoms with Crippen molar-refractivity contribution in [1.82, 2.24) is 5.32 Å². The molecule has 0 atom stereocenters. The second-order valence-corrected chi connectivity index (χ2v) is 4.24. The number of likely N-dealkylation sites (N-methyl/N-ethyl adjacent to an activating group) is 1. The van der Waals surface area contributed by atoms with Gasteiger partial charge >= 0.3 is 0 Å². The van der Waals surface area contributed by atoms with Gasteiger partial charge in [0.2, 0.25) is 5.91 Å². The van der Waals surface area contributed by atoms with Gasteiger partial charge in [0.25, 0.3) is 0 Å². The van der Waals surface area contributed by atoms with Crippen molar-refractivity contribution in [2.24, 2.45) is 5.18 Å². The molecule has 1 N–H and O–H groups in total. The van der Waals surface area contributed by atoms with E-state index in [9.17, 15) is 9.70 Å². The number of ether oxygens (including phenoxy) is 1. The van der Waals surface area contributed by atoms with E-state index in [-0.39, 0.29) is 5.91 Å². The molecule has 0 spiro atoms. The minimum absolute atomic E-state index is 0.0449. The van der Waals surface area contributed by atoms with Crippen molar-refractivity contribution in [3.05, 3.63) is 23.1 Å². The number of nitroso groups, excluding NO2 is 1. The molecular formula is C14H21N3O3. The summed E-state index contributed by atoms with van der Waals surface area (Å²) in [6.45, 7) is 7.91. The van der Waals surface area contributed by atoms with E-state index in [0.717, 1.165) is 12.2 Å². The number of rotatable bonds is 8. The SMILES string of the molecule is CCOc1cc(N(CC)CCNC(C)=O)ccc1N=O. The Morgan fingerprint density at radius 3 is 2.70 bits per heavy atom. The van der Waals surface area contributed by atoms with Gasteiger partial charge in [-0.2, -0.15) is 0 Å². The van der Waals surface area contributed by atoms with Gasteiger partial charge in [0.1, 0.15) is 5.69 Å². The summed E-state index contributed by atoms with van der Waals surface area (Å²) in [6, 6.07) is 5.28. The quantitative estimate of drug-likeness (QED) is 0.742. The van der Waals surface area contributed by atoms with E-state index in [0.29, 0.717) is 31.1 Å². The van der Waals surface area contributed by atoms with Crippen LogP contribution in [-0.2, 0) is 4.79 Å². The molecule has 0 radical (unpaired) electrons. The Morgan fingerprint density at radius 1 is 1.40 bits per heavy atom. The maximum atomic E-state index is 10.9. The molecule has 110 valence electrons. The number of carbonyl (C=O) groups excluding carboxylic acids is 1. The highest BCUT2D eigenvalue weighted by molar-refractivity contribution is 5.72. The molecule has 0 aliphatic rings. The Balaban J connectivity index is 2.83. The molecule has 1 rings (SSSR count). The van der Waals surface area contributed by atoms with Crippen LogP contribution in [0.25, 0.3) is 0 Å². The van der Waals surface area contributed by atoms with Crippen LogP contribution in [0.1, 0.15) is 20.8 Å². The number of nitrogens with zero attached hydrogens (tertiary/aromatic N) is 2. The van der Waals surface area contributed by atoms with Crippen molar-refractivity contribution < 1.29 is 9.53 Å². The van der Waals surface area contributed by atoms with E-state index in [2.05, 4.69) is 15.4 Å². The maximum absolute atomic E-state index is 10.9.